The first-order valence-electron chi connectivity index (χ1n) is 7.68. The molecule has 4 heteroatoms. The zero-order valence-electron chi connectivity index (χ0n) is 12.9. The number of rotatable bonds is 4. The first kappa shape index (κ1) is 15.8. The van der Waals surface area contributed by atoms with E-state index in [9.17, 15) is 15.0 Å². The van der Waals surface area contributed by atoms with E-state index >= 15 is 0 Å². The summed E-state index contributed by atoms with van der Waals surface area (Å²) in [4.78, 5) is 14.1. The summed E-state index contributed by atoms with van der Waals surface area (Å²) < 4.78 is 0. The highest BCUT2D eigenvalue weighted by Crippen LogP contribution is 2.32. The van der Waals surface area contributed by atoms with Crippen molar-refractivity contribution in [2.75, 3.05) is 7.05 Å². The van der Waals surface area contributed by atoms with Crippen molar-refractivity contribution in [2.24, 2.45) is 0 Å². The van der Waals surface area contributed by atoms with Gasteiger partial charge in [-0.1, -0.05) is 31.4 Å². The van der Waals surface area contributed by atoms with Crippen LogP contribution in [0.1, 0.15) is 57.1 Å². The third kappa shape index (κ3) is 3.97. The summed E-state index contributed by atoms with van der Waals surface area (Å²) in [5, 5.41) is 20.0. The molecule has 4 nitrogen and oxygen atoms in total. The molecule has 2 rings (SSSR count). The van der Waals surface area contributed by atoms with Gasteiger partial charge in [0.25, 0.3) is 0 Å². The van der Waals surface area contributed by atoms with Crippen LogP contribution in [-0.4, -0.2) is 33.7 Å². The number of aromatic hydroxyl groups is 1. The number of benzene rings is 1. The number of carbonyl (C=O) groups is 1. The minimum Gasteiger partial charge on any atom is -0.508 e. The van der Waals surface area contributed by atoms with Gasteiger partial charge in [0.15, 0.2) is 0 Å². The molecule has 1 unspecified atom stereocenters. The fraction of sp³-hybridized carbons (Fsp3) is 0.588. The first-order valence-corrected chi connectivity index (χ1v) is 7.68. The molecule has 1 fully saturated rings. The van der Waals surface area contributed by atoms with Gasteiger partial charge in [-0.3, -0.25) is 4.79 Å². The van der Waals surface area contributed by atoms with E-state index in [2.05, 4.69) is 0 Å². The minimum absolute atomic E-state index is 0.0461. The molecule has 1 aliphatic carbocycles. The Morgan fingerprint density at radius 1 is 1.33 bits per heavy atom. The monoisotopic (exact) mass is 291 g/mol. The van der Waals surface area contributed by atoms with Crippen LogP contribution in [0.25, 0.3) is 0 Å². The van der Waals surface area contributed by atoms with Gasteiger partial charge in [0.05, 0.1) is 18.1 Å². The van der Waals surface area contributed by atoms with Crippen LogP contribution in [-0.2, 0) is 4.79 Å². The van der Waals surface area contributed by atoms with Gasteiger partial charge in [-0.2, -0.15) is 0 Å². The number of hydrogen-bond acceptors (Lipinski definition) is 3. The zero-order chi connectivity index (χ0) is 15.5. The van der Waals surface area contributed by atoms with Crippen molar-refractivity contribution in [3.8, 4) is 5.75 Å². The predicted octanol–water partition coefficient (Wildman–Crippen LogP) is 3.00. The van der Waals surface area contributed by atoms with Crippen LogP contribution in [0.15, 0.2) is 24.3 Å². The number of nitrogens with zero attached hydrogens (tertiary/aromatic N) is 1. The van der Waals surface area contributed by atoms with E-state index in [4.69, 9.17) is 0 Å². The molecule has 1 aliphatic rings. The third-order valence-electron chi connectivity index (χ3n) is 4.59. The smallest absolute Gasteiger partial charge is 0.225 e. The average molecular weight is 291 g/mol. The molecule has 0 radical (unpaired) electrons. The van der Waals surface area contributed by atoms with Crippen LogP contribution in [0.4, 0.5) is 0 Å². The van der Waals surface area contributed by atoms with Crippen LogP contribution in [0.2, 0.25) is 0 Å². The Bertz CT molecular complexity index is 495. The number of phenols is 1. The van der Waals surface area contributed by atoms with E-state index in [1.165, 1.54) is 0 Å². The fourth-order valence-electron chi connectivity index (χ4n) is 3.02. The zero-order valence-corrected chi connectivity index (χ0v) is 12.9. The Hall–Kier alpha value is -1.55. The molecule has 0 aromatic heterocycles. The largest absolute Gasteiger partial charge is 0.508 e. The summed E-state index contributed by atoms with van der Waals surface area (Å²) in [6.45, 7) is 1.93. The fourth-order valence-corrected chi connectivity index (χ4v) is 3.02. The SMILES string of the molecule is CC(c1cccc(O)c1)N(C)C(=O)CC1(O)CCCCC1. The lowest BCUT2D eigenvalue weighted by Gasteiger charge is -2.34. The maximum Gasteiger partial charge on any atom is 0.225 e. The lowest BCUT2D eigenvalue weighted by atomic mass is 9.82. The minimum atomic E-state index is -0.831. The maximum atomic E-state index is 12.4. The second kappa shape index (κ2) is 6.48. The standard InChI is InChI=1S/C17H25NO3/c1-13(14-7-6-8-15(19)11-14)18(2)16(20)12-17(21)9-4-3-5-10-17/h6-8,11,13,19,21H,3-5,9-10,12H2,1-2H3. The molecular formula is C17H25NO3. The molecule has 1 saturated carbocycles. The van der Waals surface area contributed by atoms with Crippen LogP contribution in [0.3, 0.4) is 0 Å². The number of carbonyl (C=O) groups excluding carboxylic acids is 1. The van der Waals surface area contributed by atoms with Gasteiger partial charge in [0.2, 0.25) is 5.91 Å². The lowest BCUT2D eigenvalue weighted by molar-refractivity contribution is -0.138. The van der Waals surface area contributed by atoms with Gasteiger partial charge < -0.3 is 15.1 Å². The van der Waals surface area contributed by atoms with E-state index in [1.807, 2.05) is 13.0 Å². The molecule has 0 spiro atoms. The van der Waals surface area contributed by atoms with Crippen molar-refractivity contribution >= 4 is 5.91 Å². The molecule has 0 heterocycles. The van der Waals surface area contributed by atoms with E-state index < -0.39 is 5.60 Å². The summed E-state index contributed by atoms with van der Waals surface area (Å²) in [5.41, 5.74) is 0.0591. The van der Waals surface area contributed by atoms with Gasteiger partial charge in [0.1, 0.15) is 5.75 Å². The second-order valence-electron chi connectivity index (χ2n) is 6.24. The van der Waals surface area contributed by atoms with Crippen LogP contribution in [0, 0.1) is 0 Å². The summed E-state index contributed by atoms with van der Waals surface area (Å²) in [7, 11) is 1.75. The number of phenolic OH excluding ortho intramolecular Hbond substituents is 1. The second-order valence-corrected chi connectivity index (χ2v) is 6.24. The van der Waals surface area contributed by atoms with E-state index in [0.717, 1.165) is 24.8 Å². The van der Waals surface area contributed by atoms with Crippen molar-refractivity contribution in [1.29, 1.82) is 0 Å². The Labute approximate surface area is 126 Å². The quantitative estimate of drug-likeness (QED) is 0.896. The molecule has 2 N–H and O–H groups in total. The van der Waals surface area contributed by atoms with Gasteiger partial charge in [0, 0.05) is 7.05 Å². The molecule has 116 valence electrons. The Kier molecular flexibility index (Phi) is 4.88. The lowest BCUT2D eigenvalue weighted by Crippen LogP contribution is -2.40. The van der Waals surface area contributed by atoms with Crippen LogP contribution < -0.4 is 0 Å². The Morgan fingerprint density at radius 3 is 2.62 bits per heavy atom. The first-order chi connectivity index (χ1) is 9.91. The maximum absolute atomic E-state index is 12.4. The Morgan fingerprint density at radius 2 is 2.00 bits per heavy atom. The van der Waals surface area contributed by atoms with Crippen molar-refractivity contribution in [2.45, 2.75) is 57.1 Å². The van der Waals surface area contributed by atoms with Crippen LogP contribution in [0.5, 0.6) is 5.75 Å². The van der Waals surface area contributed by atoms with Crippen molar-refractivity contribution < 1.29 is 15.0 Å². The molecule has 1 atom stereocenters. The number of amides is 1. The topological polar surface area (TPSA) is 60.8 Å². The van der Waals surface area contributed by atoms with Crippen molar-refractivity contribution in [3.63, 3.8) is 0 Å². The van der Waals surface area contributed by atoms with E-state index in [0.29, 0.717) is 12.8 Å². The van der Waals surface area contributed by atoms with E-state index in [1.54, 1.807) is 30.1 Å². The van der Waals surface area contributed by atoms with Crippen molar-refractivity contribution in [3.05, 3.63) is 29.8 Å². The van der Waals surface area contributed by atoms with Gasteiger partial charge >= 0.3 is 0 Å². The molecule has 0 saturated heterocycles. The molecule has 1 amide bonds. The average Bonchev–Trinajstić information content (AvgIpc) is 2.46. The number of hydrogen-bond donors (Lipinski definition) is 2. The summed E-state index contributed by atoms with van der Waals surface area (Å²) >= 11 is 0. The predicted molar refractivity (Wildman–Crippen MR) is 81.9 cm³/mol. The van der Waals surface area contributed by atoms with Crippen LogP contribution >= 0.6 is 0 Å². The van der Waals surface area contributed by atoms with Gasteiger partial charge in [-0.15, -0.1) is 0 Å². The van der Waals surface area contributed by atoms with Gasteiger partial charge in [-0.05, 0) is 37.5 Å². The molecule has 0 bridgehead atoms. The third-order valence-corrected chi connectivity index (χ3v) is 4.59. The summed E-state index contributed by atoms with van der Waals surface area (Å²) in [5.74, 6) is 0.154. The normalized spacial score (nSPS) is 19.0. The van der Waals surface area contributed by atoms with E-state index in [-0.39, 0.29) is 24.1 Å². The number of aliphatic hydroxyl groups is 1. The highest BCUT2D eigenvalue weighted by atomic mass is 16.3. The summed E-state index contributed by atoms with van der Waals surface area (Å²) in [6.07, 6.45) is 4.75. The highest BCUT2D eigenvalue weighted by Gasteiger charge is 2.33. The molecule has 1 aromatic rings. The highest BCUT2D eigenvalue weighted by molar-refractivity contribution is 5.77. The molecule has 1 aromatic carbocycles. The van der Waals surface area contributed by atoms with Gasteiger partial charge in [-0.25, -0.2) is 0 Å². The molecule has 21 heavy (non-hydrogen) atoms. The summed E-state index contributed by atoms with van der Waals surface area (Å²) in [6, 6.07) is 6.82. The molecular weight excluding hydrogens is 266 g/mol. The molecule has 0 aliphatic heterocycles. The Balaban J connectivity index is 2.01. The van der Waals surface area contributed by atoms with Crippen molar-refractivity contribution in [1.82, 2.24) is 4.90 Å².